The third-order valence-corrected chi connectivity index (χ3v) is 3.54. The van der Waals surface area contributed by atoms with Crippen molar-refractivity contribution in [3.05, 3.63) is 39.7 Å². The highest BCUT2D eigenvalue weighted by Gasteiger charge is 2.28. The summed E-state index contributed by atoms with van der Waals surface area (Å²) in [6, 6.07) is 3.11. The number of hydrogen-bond acceptors (Lipinski definition) is 3. The maximum absolute atomic E-state index is 13.3. The first-order valence-corrected chi connectivity index (χ1v) is 6.26. The smallest absolute Gasteiger partial charge is 0.305 e. The van der Waals surface area contributed by atoms with Gasteiger partial charge in [-0.1, -0.05) is 20.8 Å². The van der Waals surface area contributed by atoms with Crippen LogP contribution in [-0.4, -0.2) is 28.8 Å². The molecule has 5 nitrogen and oxygen atoms in total. The van der Waals surface area contributed by atoms with Gasteiger partial charge >= 0.3 is 5.69 Å². The van der Waals surface area contributed by atoms with Crippen molar-refractivity contribution in [1.82, 2.24) is 4.90 Å². The minimum absolute atomic E-state index is 0.0703. The summed E-state index contributed by atoms with van der Waals surface area (Å²) >= 11 is 0. The summed E-state index contributed by atoms with van der Waals surface area (Å²) in [6.07, 6.45) is 0. The number of nitrogens with zero attached hydrogens (tertiary/aromatic N) is 2. The normalized spacial score (nSPS) is 12.9. The highest BCUT2D eigenvalue weighted by atomic mass is 19.1. The molecule has 0 aromatic heterocycles. The fourth-order valence-corrected chi connectivity index (χ4v) is 1.75. The topological polar surface area (TPSA) is 63.5 Å². The predicted molar refractivity (Wildman–Crippen MR) is 74.1 cm³/mol. The molecular weight excluding hydrogens is 263 g/mol. The SMILES string of the molecule is CC(N(C)C(=O)c1ccc(F)c([N+](=O)[O-])c1)C(C)(C)C. The molecule has 0 saturated heterocycles. The van der Waals surface area contributed by atoms with Crippen LogP contribution in [0.5, 0.6) is 0 Å². The molecule has 0 N–H and O–H groups in total. The van der Waals surface area contributed by atoms with Gasteiger partial charge in [0, 0.05) is 24.7 Å². The largest absolute Gasteiger partial charge is 0.338 e. The number of carbonyl (C=O) groups is 1. The molecule has 1 atom stereocenters. The summed E-state index contributed by atoms with van der Waals surface area (Å²) in [5.74, 6) is -1.31. The first kappa shape index (κ1) is 16.1. The van der Waals surface area contributed by atoms with E-state index in [1.165, 1.54) is 11.0 Å². The van der Waals surface area contributed by atoms with E-state index in [1.807, 2.05) is 27.7 Å². The minimum Gasteiger partial charge on any atom is -0.338 e. The lowest BCUT2D eigenvalue weighted by Crippen LogP contribution is -2.42. The number of amides is 1. The molecule has 0 bridgehead atoms. The molecule has 1 aromatic rings. The summed E-state index contributed by atoms with van der Waals surface area (Å²) < 4.78 is 13.3. The van der Waals surface area contributed by atoms with Crippen LogP contribution in [0, 0.1) is 21.3 Å². The van der Waals surface area contributed by atoms with E-state index in [0.29, 0.717) is 0 Å². The molecule has 1 rings (SSSR count). The van der Waals surface area contributed by atoms with Gasteiger partial charge in [-0.25, -0.2) is 0 Å². The van der Waals surface area contributed by atoms with Crippen molar-refractivity contribution < 1.29 is 14.1 Å². The number of halogens is 1. The molecule has 0 spiro atoms. The Hall–Kier alpha value is -1.98. The van der Waals surface area contributed by atoms with E-state index in [9.17, 15) is 19.3 Å². The zero-order valence-electron chi connectivity index (χ0n) is 12.3. The third-order valence-electron chi connectivity index (χ3n) is 3.54. The van der Waals surface area contributed by atoms with Gasteiger partial charge in [0.2, 0.25) is 5.82 Å². The molecule has 1 amide bonds. The monoisotopic (exact) mass is 282 g/mol. The van der Waals surface area contributed by atoms with Crippen LogP contribution in [-0.2, 0) is 0 Å². The van der Waals surface area contributed by atoms with Gasteiger partial charge in [-0.3, -0.25) is 14.9 Å². The first-order chi connectivity index (χ1) is 9.05. The lowest BCUT2D eigenvalue weighted by atomic mass is 9.87. The van der Waals surface area contributed by atoms with Gasteiger partial charge < -0.3 is 4.90 Å². The summed E-state index contributed by atoms with van der Waals surface area (Å²) in [5.41, 5.74) is -0.708. The second-order valence-corrected chi connectivity index (χ2v) is 5.88. The first-order valence-electron chi connectivity index (χ1n) is 6.26. The van der Waals surface area contributed by atoms with Gasteiger partial charge in [0.25, 0.3) is 5.91 Å². The Labute approximate surface area is 117 Å². The van der Waals surface area contributed by atoms with E-state index >= 15 is 0 Å². The molecule has 1 unspecified atom stereocenters. The minimum atomic E-state index is -0.946. The van der Waals surface area contributed by atoms with E-state index < -0.39 is 16.4 Å². The summed E-state index contributed by atoms with van der Waals surface area (Å²) in [5, 5.41) is 10.7. The molecule has 20 heavy (non-hydrogen) atoms. The lowest BCUT2D eigenvalue weighted by Gasteiger charge is -2.35. The van der Waals surface area contributed by atoms with Crippen molar-refractivity contribution in [3.63, 3.8) is 0 Å². The maximum atomic E-state index is 13.3. The average molecular weight is 282 g/mol. The van der Waals surface area contributed by atoms with Crippen molar-refractivity contribution in [2.24, 2.45) is 5.41 Å². The van der Waals surface area contributed by atoms with Gasteiger partial charge in [-0.2, -0.15) is 4.39 Å². The number of benzene rings is 1. The van der Waals surface area contributed by atoms with Gasteiger partial charge in [0.05, 0.1) is 4.92 Å². The van der Waals surface area contributed by atoms with E-state index in [1.54, 1.807) is 7.05 Å². The molecular formula is C14H19FN2O3. The Bertz CT molecular complexity index is 538. The van der Waals surface area contributed by atoms with E-state index in [4.69, 9.17) is 0 Å². The van der Waals surface area contributed by atoms with Gasteiger partial charge in [0.1, 0.15) is 0 Å². The number of nitro groups is 1. The molecule has 110 valence electrons. The highest BCUT2D eigenvalue weighted by molar-refractivity contribution is 5.94. The molecule has 0 aliphatic heterocycles. The van der Waals surface area contributed by atoms with E-state index in [0.717, 1.165) is 12.1 Å². The van der Waals surface area contributed by atoms with Crippen molar-refractivity contribution in [2.75, 3.05) is 7.05 Å². The summed E-state index contributed by atoms with van der Waals surface area (Å²) in [7, 11) is 1.63. The van der Waals surface area contributed by atoms with Crippen molar-refractivity contribution in [2.45, 2.75) is 33.7 Å². The summed E-state index contributed by atoms with van der Waals surface area (Å²) in [6.45, 7) is 7.88. The Morgan fingerprint density at radius 2 is 1.95 bits per heavy atom. The van der Waals surface area contributed by atoms with Crippen molar-refractivity contribution >= 4 is 11.6 Å². The lowest BCUT2D eigenvalue weighted by molar-refractivity contribution is -0.387. The zero-order valence-corrected chi connectivity index (χ0v) is 12.3. The standard InChI is InChI=1S/C14H19FN2O3/c1-9(14(2,3)4)16(5)13(18)10-6-7-11(15)12(8-10)17(19)20/h6-9H,1-5H3. The molecule has 0 radical (unpaired) electrons. The maximum Gasteiger partial charge on any atom is 0.305 e. The third kappa shape index (κ3) is 3.31. The Balaban J connectivity index is 3.10. The number of hydrogen-bond donors (Lipinski definition) is 0. The fourth-order valence-electron chi connectivity index (χ4n) is 1.75. The van der Waals surface area contributed by atoms with Crippen molar-refractivity contribution in [3.8, 4) is 0 Å². The molecule has 0 heterocycles. The summed E-state index contributed by atoms with van der Waals surface area (Å²) in [4.78, 5) is 23.7. The predicted octanol–water partition coefficient (Wildman–Crippen LogP) is 3.24. The zero-order chi connectivity index (χ0) is 15.7. The van der Waals surface area contributed by atoms with E-state index in [-0.39, 0.29) is 22.9 Å². The van der Waals surface area contributed by atoms with Crippen LogP contribution in [0.1, 0.15) is 38.1 Å². The van der Waals surface area contributed by atoms with Crippen LogP contribution < -0.4 is 0 Å². The van der Waals surface area contributed by atoms with Crippen molar-refractivity contribution in [1.29, 1.82) is 0 Å². The fraction of sp³-hybridized carbons (Fsp3) is 0.500. The molecule has 6 heteroatoms. The highest BCUT2D eigenvalue weighted by Crippen LogP contribution is 2.25. The molecule has 1 aromatic carbocycles. The molecule has 0 saturated carbocycles. The number of carbonyl (C=O) groups excluding carboxylic acids is 1. The van der Waals surface area contributed by atoms with Crippen LogP contribution in [0.15, 0.2) is 18.2 Å². The van der Waals surface area contributed by atoms with Gasteiger partial charge in [0.15, 0.2) is 0 Å². The second-order valence-electron chi connectivity index (χ2n) is 5.88. The molecule has 0 fully saturated rings. The van der Waals surface area contributed by atoms with Gasteiger partial charge in [-0.15, -0.1) is 0 Å². The van der Waals surface area contributed by atoms with Gasteiger partial charge in [-0.05, 0) is 24.5 Å². The second kappa shape index (κ2) is 5.56. The van der Waals surface area contributed by atoms with E-state index in [2.05, 4.69) is 0 Å². The Morgan fingerprint density at radius 3 is 2.40 bits per heavy atom. The van der Waals surface area contributed by atoms with Crippen LogP contribution in [0.2, 0.25) is 0 Å². The molecule has 0 aliphatic carbocycles. The van der Waals surface area contributed by atoms with Crippen LogP contribution in [0.4, 0.5) is 10.1 Å². The number of nitro benzene ring substituents is 1. The average Bonchev–Trinajstić information content (AvgIpc) is 2.35. The van der Waals surface area contributed by atoms with Crippen LogP contribution >= 0.6 is 0 Å². The van der Waals surface area contributed by atoms with Crippen LogP contribution in [0.25, 0.3) is 0 Å². The van der Waals surface area contributed by atoms with Crippen LogP contribution in [0.3, 0.4) is 0 Å². The number of rotatable bonds is 3. The Morgan fingerprint density at radius 1 is 1.40 bits per heavy atom. The molecule has 0 aliphatic rings. The Kier molecular flexibility index (Phi) is 4.47. The quantitative estimate of drug-likeness (QED) is 0.631.